The third kappa shape index (κ3) is 18.0. The molecule has 8 nitrogen and oxygen atoms in total. The monoisotopic (exact) mass is 380 g/mol. The predicted octanol–water partition coefficient (Wildman–Crippen LogP) is 0.306. The zero-order valence-electron chi connectivity index (χ0n) is 15.2. The number of unbranched alkanes of at least 4 members (excludes halogenated alkanes) is 1. The van der Waals surface area contributed by atoms with Gasteiger partial charge in [0.1, 0.15) is 6.29 Å². The Morgan fingerprint density at radius 2 is 1.60 bits per heavy atom. The second-order valence-corrected chi connectivity index (χ2v) is 5.67. The SMILES string of the molecule is COCCOCCOCCOCCC(=O)NCCCC[C@@H](C=O)NP. The number of amides is 1. The highest BCUT2D eigenvalue weighted by Gasteiger charge is 2.04. The van der Waals surface area contributed by atoms with Crippen LogP contribution in [0.1, 0.15) is 25.7 Å². The number of hydrogen-bond donors (Lipinski definition) is 2. The Labute approximate surface area is 152 Å². The van der Waals surface area contributed by atoms with Gasteiger partial charge in [-0.25, -0.2) is 0 Å². The number of rotatable bonds is 19. The molecule has 148 valence electrons. The quantitative estimate of drug-likeness (QED) is 0.189. The van der Waals surface area contributed by atoms with Crippen LogP contribution in [0.5, 0.6) is 0 Å². The van der Waals surface area contributed by atoms with Crippen molar-refractivity contribution >= 4 is 21.6 Å². The van der Waals surface area contributed by atoms with E-state index in [9.17, 15) is 9.59 Å². The van der Waals surface area contributed by atoms with Gasteiger partial charge in [-0.05, 0) is 19.3 Å². The lowest BCUT2D eigenvalue weighted by molar-refractivity contribution is -0.122. The number of methoxy groups -OCH3 is 1. The largest absolute Gasteiger partial charge is 0.382 e. The Bertz CT molecular complexity index is 323. The molecule has 0 fully saturated rings. The summed E-state index contributed by atoms with van der Waals surface area (Å²) in [4.78, 5) is 22.2. The number of nitrogens with one attached hydrogen (secondary N) is 2. The fraction of sp³-hybridized carbons (Fsp3) is 0.875. The number of ether oxygens (including phenoxy) is 4. The van der Waals surface area contributed by atoms with Crippen LogP contribution in [-0.4, -0.2) is 78.1 Å². The number of carbonyl (C=O) groups excluding carboxylic acids is 2. The third-order valence-corrected chi connectivity index (χ3v) is 3.72. The van der Waals surface area contributed by atoms with Gasteiger partial charge in [-0.3, -0.25) is 9.88 Å². The summed E-state index contributed by atoms with van der Waals surface area (Å²) in [5.41, 5.74) is 0. The van der Waals surface area contributed by atoms with E-state index >= 15 is 0 Å². The molecule has 0 aromatic carbocycles. The van der Waals surface area contributed by atoms with Crippen LogP contribution in [0.25, 0.3) is 0 Å². The van der Waals surface area contributed by atoms with Crippen molar-refractivity contribution < 1.29 is 28.5 Å². The van der Waals surface area contributed by atoms with Crippen LogP contribution in [0.3, 0.4) is 0 Å². The molecule has 1 amide bonds. The molecule has 1 unspecified atom stereocenters. The summed E-state index contributed by atoms with van der Waals surface area (Å²) in [7, 11) is 3.97. The zero-order valence-corrected chi connectivity index (χ0v) is 16.3. The van der Waals surface area contributed by atoms with Crippen LogP contribution in [0.4, 0.5) is 0 Å². The second kappa shape index (κ2) is 19.7. The van der Waals surface area contributed by atoms with Gasteiger partial charge < -0.3 is 29.1 Å². The van der Waals surface area contributed by atoms with Gasteiger partial charge >= 0.3 is 0 Å². The molecule has 0 aromatic heterocycles. The molecule has 0 saturated heterocycles. The van der Waals surface area contributed by atoms with Gasteiger partial charge in [-0.1, -0.05) is 9.39 Å². The van der Waals surface area contributed by atoms with Crippen molar-refractivity contribution in [2.75, 3.05) is 59.9 Å². The molecule has 0 rings (SSSR count). The van der Waals surface area contributed by atoms with E-state index in [2.05, 4.69) is 19.8 Å². The molecule has 2 N–H and O–H groups in total. The Morgan fingerprint density at radius 1 is 1.00 bits per heavy atom. The van der Waals surface area contributed by atoms with Crippen molar-refractivity contribution in [3.63, 3.8) is 0 Å². The first kappa shape index (κ1) is 24.4. The van der Waals surface area contributed by atoms with Gasteiger partial charge in [0.05, 0.1) is 52.3 Å². The Kier molecular flexibility index (Phi) is 19.2. The topological polar surface area (TPSA) is 95.1 Å². The summed E-state index contributed by atoms with van der Waals surface area (Å²) in [5.74, 6) is -0.0245. The van der Waals surface area contributed by atoms with E-state index in [0.717, 1.165) is 25.5 Å². The molecule has 2 atom stereocenters. The van der Waals surface area contributed by atoms with E-state index in [1.165, 1.54) is 0 Å². The average Bonchev–Trinajstić information content (AvgIpc) is 2.62. The zero-order chi connectivity index (χ0) is 18.6. The van der Waals surface area contributed by atoms with Crippen LogP contribution in [-0.2, 0) is 28.5 Å². The van der Waals surface area contributed by atoms with Gasteiger partial charge in [0, 0.05) is 20.1 Å². The Hall–Kier alpha value is -0.630. The summed E-state index contributed by atoms with van der Waals surface area (Å²) in [6.45, 7) is 4.14. The molecule has 0 heterocycles. The average molecular weight is 380 g/mol. The minimum atomic E-state index is -0.131. The molecule has 0 aliphatic rings. The molecule has 0 aliphatic heterocycles. The maximum Gasteiger partial charge on any atom is 0.222 e. The highest BCUT2D eigenvalue weighted by Crippen LogP contribution is 1.99. The summed E-state index contributed by atoms with van der Waals surface area (Å²) < 4.78 is 20.8. The minimum Gasteiger partial charge on any atom is -0.382 e. The highest BCUT2D eigenvalue weighted by atomic mass is 31.0. The van der Waals surface area contributed by atoms with E-state index in [1.807, 2.05) is 0 Å². The molecular formula is C16H33N2O6P. The molecule has 0 saturated carbocycles. The lowest BCUT2D eigenvalue weighted by atomic mass is 10.1. The molecule has 0 radical (unpaired) electrons. The van der Waals surface area contributed by atoms with E-state index < -0.39 is 0 Å². The van der Waals surface area contributed by atoms with Gasteiger partial charge in [-0.2, -0.15) is 0 Å². The maximum atomic E-state index is 11.6. The number of aldehydes is 1. The lowest BCUT2D eigenvalue weighted by Gasteiger charge is -2.09. The molecule has 0 aromatic rings. The predicted molar refractivity (Wildman–Crippen MR) is 98.5 cm³/mol. The van der Waals surface area contributed by atoms with E-state index in [0.29, 0.717) is 59.2 Å². The Balaban J connectivity index is 3.24. The van der Waals surface area contributed by atoms with Gasteiger partial charge in [0.2, 0.25) is 5.91 Å². The van der Waals surface area contributed by atoms with Gasteiger partial charge in [-0.15, -0.1) is 0 Å². The fourth-order valence-electron chi connectivity index (χ4n) is 1.85. The van der Waals surface area contributed by atoms with Crippen molar-refractivity contribution in [1.82, 2.24) is 10.4 Å². The van der Waals surface area contributed by atoms with E-state index in [4.69, 9.17) is 18.9 Å². The molecule has 0 aliphatic carbocycles. The molecular weight excluding hydrogens is 347 g/mol. The first-order chi connectivity index (χ1) is 12.2. The van der Waals surface area contributed by atoms with Crippen LogP contribution < -0.4 is 10.4 Å². The first-order valence-corrected chi connectivity index (χ1v) is 9.22. The van der Waals surface area contributed by atoms with Crippen molar-refractivity contribution in [2.45, 2.75) is 31.7 Å². The van der Waals surface area contributed by atoms with Crippen LogP contribution in [0.2, 0.25) is 0 Å². The molecule has 0 spiro atoms. The standard InChI is InChI=1S/C16H33N2O6P/c1-21-8-9-23-12-13-24-11-10-22-7-5-16(20)17-6-3-2-4-15(14-19)18-25/h14-15,18H,2-13,25H2,1H3,(H,17,20)/t15-/m0/s1. The Morgan fingerprint density at radius 3 is 2.16 bits per heavy atom. The highest BCUT2D eigenvalue weighted by molar-refractivity contribution is 7.13. The van der Waals surface area contributed by atoms with Crippen molar-refractivity contribution in [3.05, 3.63) is 0 Å². The van der Waals surface area contributed by atoms with Gasteiger partial charge in [0.25, 0.3) is 0 Å². The smallest absolute Gasteiger partial charge is 0.222 e. The summed E-state index contributed by atoms with van der Waals surface area (Å²) in [6, 6.07) is -0.131. The molecule has 25 heavy (non-hydrogen) atoms. The second-order valence-electron chi connectivity index (χ2n) is 5.33. The summed E-state index contributed by atoms with van der Waals surface area (Å²) in [5, 5.41) is 5.67. The van der Waals surface area contributed by atoms with Crippen LogP contribution >= 0.6 is 9.39 Å². The normalized spacial score (nSPS) is 12.1. The molecule has 0 bridgehead atoms. The van der Waals surface area contributed by atoms with Crippen molar-refractivity contribution in [2.24, 2.45) is 0 Å². The van der Waals surface area contributed by atoms with Crippen molar-refractivity contribution in [3.8, 4) is 0 Å². The fourth-order valence-corrected chi connectivity index (χ4v) is 2.09. The van der Waals surface area contributed by atoms with E-state index in [1.54, 1.807) is 7.11 Å². The third-order valence-electron chi connectivity index (χ3n) is 3.29. The minimum absolute atomic E-state index is 0.0245. The van der Waals surface area contributed by atoms with Crippen LogP contribution in [0.15, 0.2) is 0 Å². The van der Waals surface area contributed by atoms with Gasteiger partial charge in [0.15, 0.2) is 0 Å². The number of carbonyl (C=O) groups is 2. The lowest BCUT2D eigenvalue weighted by Crippen LogP contribution is -2.26. The molecule has 9 heteroatoms. The van der Waals surface area contributed by atoms with Crippen LogP contribution in [0, 0.1) is 0 Å². The summed E-state index contributed by atoms with van der Waals surface area (Å²) in [6.07, 6.45) is 3.73. The first-order valence-electron chi connectivity index (χ1n) is 8.64. The summed E-state index contributed by atoms with van der Waals surface area (Å²) >= 11 is 0. The van der Waals surface area contributed by atoms with E-state index in [-0.39, 0.29) is 11.9 Å². The van der Waals surface area contributed by atoms with Crippen molar-refractivity contribution in [1.29, 1.82) is 0 Å². The maximum absolute atomic E-state index is 11.6. The number of hydrogen-bond acceptors (Lipinski definition) is 7.